The van der Waals surface area contributed by atoms with E-state index < -0.39 is 11.9 Å². The molecule has 1 N–H and O–H groups in total. The van der Waals surface area contributed by atoms with Crippen LogP contribution in [0.25, 0.3) is 0 Å². The monoisotopic (exact) mass is 282 g/mol. The van der Waals surface area contributed by atoms with Crippen molar-refractivity contribution in [3.63, 3.8) is 0 Å². The molecule has 0 aromatic rings. The van der Waals surface area contributed by atoms with Gasteiger partial charge in [-0.1, -0.05) is 12.8 Å². The highest BCUT2D eigenvalue weighted by Gasteiger charge is 2.38. The summed E-state index contributed by atoms with van der Waals surface area (Å²) in [5.41, 5.74) is 0. The van der Waals surface area contributed by atoms with Crippen molar-refractivity contribution in [1.82, 2.24) is 9.80 Å². The highest BCUT2D eigenvalue weighted by Crippen LogP contribution is 2.32. The van der Waals surface area contributed by atoms with Crippen molar-refractivity contribution in [2.24, 2.45) is 11.8 Å². The van der Waals surface area contributed by atoms with E-state index in [2.05, 4.69) is 19.0 Å². The van der Waals surface area contributed by atoms with Gasteiger partial charge in [0.15, 0.2) is 0 Å². The summed E-state index contributed by atoms with van der Waals surface area (Å²) in [4.78, 5) is 28.0. The van der Waals surface area contributed by atoms with E-state index in [4.69, 9.17) is 0 Å². The van der Waals surface area contributed by atoms with Crippen molar-refractivity contribution in [2.75, 3.05) is 27.2 Å². The molecule has 2 rings (SSSR count). The van der Waals surface area contributed by atoms with Crippen molar-refractivity contribution in [1.29, 1.82) is 0 Å². The molecule has 2 fully saturated rings. The number of nitrogens with zero attached hydrogens (tertiary/aromatic N) is 2. The van der Waals surface area contributed by atoms with E-state index in [1.54, 1.807) is 0 Å². The Morgan fingerprint density at radius 3 is 2.05 bits per heavy atom. The van der Waals surface area contributed by atoms with Crippen molar-refractivity contribution >= 4 is 11.9 Å². The van der Waals surface area contributed by atoms with Crippen LogP contribution in [0.15, 0.2) is 0 Å². The molecule has 1 saturated carbocycles. The van der Waals surface area contributed by atoms with E-state index in [-0.39, 0.29) is 11.8 Å². The van der Waals surface area contributed by atoms with Crippen LogP contribution in [0.1, 0.15) is 38.5 Å². The molecule has 1 aliphatic carbocycles. The standard InChI is InChI=1S/C15H26N2O3/c1-16(2)11-7-9-17(10-8-11)14(18)12-5-3-4-6-13(12)15(19)20/h11-13H,3-10H2,1-2H3,(H,19,20). The molecule has 0 aromatic carbocycles. The highest BCUT2D eigenvalue weighted by molar-refractivity contribution is 5.85. The Bertz CT molecular complexity index is 362. The minimum absolute atomic E-state index is 0.0781. The van der Waals surface area contributed by atoms with E-state index in [0.29, 0.717) is 12.5 Å². The number of carbonyl (C=O) groups excluding carboxylic acids is 1. The number of hydrogen-bond acceptors (Lipinski definition) is 3. The molecule has 1 saturated heterocycles. The average Bonchev–Trinajstić information content (AvgIpc) is 2.46. The van der Waals surface area contributed by atoms with E-state index in [0.717, 1.165) is 45.2 Å². The quantitative estimate of drug-likeness (QED) is 0.850. The molecule has 0 radical (unpaired) electrons. The summed E-state index contributed by atoms with van der Waals surface area (Å²) in [5.74, 6) is -1.49. The molecule has 5 heteroatoms. The lowest BCUT2D eigenvalue weighted by molar-refractivity contribution is -0.153. The summed E-state index contributed by atoms with van der Waals surface area (Å²) < 4.78 is 0. The lowest BCUT2D eigenvalue weighted by Gasteiger charge is -2.38. The van der Waals surface area contributed by atoms with Gasteiger partial charge in [0.2, 0.25) is 5.91 Å². The maximum atomic E-state index is 12.6. The number of carboxylic acids is 1. The third-order valence-corrected chi connectivity index (χ3v) is 4.91. The first-order valence-corrected chi connectivity index (χ1v) is 7.68. The zero-order valence-electron chi connectivity index (χ0n) is 12.5. The number of amides is 1. The van der Waals surface area contributed by atoms with E-state index >= 15 is 0 Å². The normalized spacial score (nSPS) is 28.6. The summed E-state index contributed by atoms with van der Waals surface area (Å²) >= 11 is 0. The number of carboxylic acid groups (broad SMARTS) is 1. The molecule has 1 aliphatic heterocycles. The van der Waals surface area contributed by atoms with Gasteiger partial charge in [0, 0.05) is 19.1 Å². The maximum absolute atomic E-state index is 12.6. The van der Waals surface area contributed by atoms with Crippen LogP contribution < -0.4 is 0 Å². The SMILES string of the molecule is CN(C)C1CCN(C(=O)C2CCCCC2C(=O)O)CC1. The Kier molecular flexibility index (Phi) is 5.02. The van der Waals surface area contributed by atoms with Crippen LogP contribution in [0, 0.1) is 11.8 Å². The lowest BCUT2D eigenvalue weighted by Crippen LogP contribution is -2.48. The van der Waals surface area contributed by atoms with Crippen LogP contribution in [0.4, 0.5) is 0 Å². The van der Waals surface area contributed by atoms with Gasteiger partial charge in [0.1, 0.15) is 0 Å². The summed E-state index contributed by atoms with van der Waals surface area (Å²) in [6.07, 6.45) is 5.29. The fourth-order valence-corrected chi connectivity index (χ4v) is 3.56. The second-order valence-corrected chi connectivity index (χ2v) is 6.36. The zero-order valence-corrected chi connectivity index (χ0v) is 12.5. The minimum Gasteiger partial charge on any atom is -0.481 e. The molecular formula is C15H26N2O3. The predicted octanol–water partition coefficient (Wildman–Crippen LogP) is 1.43. The smallest absolute Gasteiger partial charge is 0.307 e. The fraction of sp³-hybridized carbons (Fsp3) is 0.867. The Hall–Kier alpha value is -1.10. The number of carbonyl (C=O) groups is 2. The minimum atomic E-state index is -0.800. The molecule has 2 aliphatic rings. The summed E-state index contributed by atoms with van der Waals surface area (Å²) in [5, 5.41) is 9.29. The first-order valence-electron chi connectivity index (χ1n) is 7.68. The lowest BCUT2D eigenvalue weighted by atomic mass is 9.78. The molecule has 1 heterocycles. The molecular weight excluding hydrogens is 256 g/mol. The molecule has 0 aromatic heterocycles. The maximum Gasteiger partial charge on any atom is 0.307 e. The van der Waals surface area contributed by atoms with Crippen molar-refractivity contribution in [3.8, 4) is 0 Å². The van der Waals surface area contributed by atoms with Crippen LogP contribution in [0.5, 0.6) is 0 Å². The fourth-order valence-electron chi connectivity index (χ4n) is 3.56. The first-order chi connectivity index (χ1) is 9.50. The number of piperidine rings is 1. The third kappa shape index (κ3) is 3.32. The van der Waals surface area contributed by atoms with Gasteiger partial charge >= 0.3 is 5.97 Å². The number of hydrogen-bond donors (Lipinski definition) is 1. The van der Waals surface area contributed by atoms with E-state index in [1.807, 2.05) is 4.90 Å². The van der Waals surface area contributed by atoms with Crippen LogP contribution in [0.3, 0.4) is 0 Å². The second kappa shape index (κ2) is 6.57. The molecule has 5 nitrogen and oxygen atoms in total. The van der Waals surface area contributed by atoms with Gasteiger partial charge in [-0.15, -0.1) is 0 Å². The molecule has 0 bridgehead atoms. The molecule has 114 valence electrons. The summed E-state index contributed by atoms with van der Waals surface area (Å²) in [6, 6.07) is 0.542. The van der Waals surface area contributed by atoms with Gasteiger partial charge in [0.25, 0.3) is 0 Å². The number of likely N-dealkylation sites (tertiary alicyclic amines) is 1. The number of rotatable bonds is 3. The van der Waals surface area contributed by atoms with Crippen LogP contribution in [0.2, 0.25) is 0 Å². The number of aliphatic carboxylic acids is 1. The van der Waals surface area contributed by atoms with E-state index in [1.165, 1.54) is 0 Å². The second-order valence-electron chi connectivity index (χ2n) is 6.36. The Morgan fingerprint density at radius 2 is 1.55 bits per heavy atom. The van der Waals surface area contributed by atoms with Crippen molar-refractivity contribution in [2.45, 2.75) is 44.6 Å². The van der Waals surface area contributed by atoms with Gasteiger partial charge < -0.3 is 14.9 Å². The zero-order chi connectivity index (χ0) is 14.7. The van der Waals surface area contributed by atoms with Gasteiger partial charge in [-0.3, -0.25) is 9.59 Å². The van der Waals surface area contributed by atoms with Crippen LogP contribution in [-0.4, -0.2) is 60.0 Å². The van der Waals surface area contributed by atoms with E-state index in [9.17, 15) is 14.7 Å². The molecule has 2 atom stereocenters. The molecule has 20 heavy (non-hydrogen) atoms. The third-order valence-electron chi connectivity index (χ3n) is 4.91. The highest BCUT2D eigenvalue weighted by atomic mass is 16.4. The Balaban J connectivity index is 1.95. The summed E-state index contributed by atoms with van der Waals surface area (Å²) in [6.45, 7) is 1.54. The largest absolute Gasteiger partial charge is 0.481 e. The van der Waals surface area contributed by atoms with Crippen molar-refractivity contribution < 1.29 is 14.7 Å². The Morgan fingerprint density at radius 1 is 1.00 bits per heavy atom. The van der Waals surface area contributed by atoms with Gasteiger partial charge in [-0.25, -0.2) is 0 Å². The van der Waals surface area contributed by atoms with Gasteiger partial charge in [-0.2, -0.15) is 0 Å². The van der Waals surface area contributed by atoms with Crippen LogP contribution >= 0.6 is 0 Å². The van der Waals surface area contributed by atoms with Crippen LogP contribution in [-0.2, 0) is 9.59 Å². The van der Waals surface area contributed by atoms with Gasteiger partial charge in [-0.05, 0) is 39.8 Å². The first kappa shape index (κ1) is 15.3. The van der Waals surface area contributed by atoms with Gasteiger partial charge in [0.05, 0.1) is 11.8 Å². The predicted molar refractivity (Wildman–Crippen MR) is 76.4 cm³/mol. The molecule has 1 amide bonds. The molecule has 0 spiro atoms. The topological polar surface area (TPSA) is 60.9 Å². The molecule has 2 unspecified atom stereocenters. The van der Waals surface area contributed by atoms with Crippen molar-refractivity contribution in [3.05, 3.63) is 0 Å². The Labute approximate surface area is 120 Å². The summed E-state index contributed by atoms with van der Waals surface area (Å²) in [7, 11) is 4.15. The average molecular weight is 282 g/mol.